The first-order valence-corrected chi connectivity index (χ1v) is 6.55. The number of nitrogens with zero attached hydrogens (tertiary/aromatic N) is 1. The van der Waals surface area contributed by atoms with Crippen molar-refractivity contribution >= 4 is 29.5 Å². The highest BCUT2D eigenvalue weighted by molar-refractivity contribution is 6.31. The fourth-order valence-electron chi connectivity index (χ4n) is 1.71. The van der Waals surface area contributed by atoms with Gasteiger partial charge in [0.25, 0.3) is 0 Å². The van der Waals surface area contributed by atoms with Crippen LogP contribution in [0.2, 0.25) is 5.02 Å². The summed E-state index contributed by atoms with van der Waals surface area (Å²) in [7, 11) is 0. The minimum atomic E-state index is -1.31. The van der Waals surface area contributed by atoms with Gasteiger partial charge in [-0.3, -0.25) is 4.79 Å². The molecule has 8 heteroatoms. The minimum absolute atomic E-state index is 0.212. The van der Waals surface area contributed by atoms with Crippen LogP contribution in [0.4, 0.5) is 4.79 Å². The molecular formula is C13H16ClN3O4. The number of carbonyl (C=O) groups excluding carboxylic acids is 2. The second-order valence-electron chi connectivity index (χ2n) is 4.22. The first-order chi connectivity index (χ1) is 9.86. The number of aliphatic carboxylic acids is 1. The lowest BCUT2D eigenvalue weighted by Gasteiger charge is -2.23. The summed E-state index contributed by atoms with van der Waals surface area (Å²) in [5.74, 6) is -1.94. The molecule has 0 radical (unpaired) electrons. The van der Waals surface area contributed by atoms with E-state index in [-0.39, 0.29) is 23.7 Å². The molecule has 21 heavy (non-hydrogen) atoms. The molecule has 0 aliphatic carbocycles. The summed E-state index contributed by atoms with van der Waals surface area (Å²) in [5.41, 5.74) is 5.29. The topological polar surface area (TPSA) is 113 Å². The summed E-state index contributed by atoms with van der Waals surface area (Å²) in [5, 5.41) is 11.8. The molecule has 1 aromatic carbocycles. The number of hydrogen-bond donors (Lipinski definition) is 3. The molecular weight excluding hydrogens is 298 g/mol. The molecule has 4 N–H and O–H groups in total. The molecule has 1 rings (SSSR count). The average Bonchev–Trinajstić information content (AvgIpc) is 2.42. The second kappa shape index (κ2) is 7.49. The summed E-state index contributed by atoms with van der Waals surface area (Å²) in [6.45, 7) is 1.56. The molecule has 3 amide bonds. The summed E-state index contributed by atoms with van der Waals surface area (Å²) < 4.78 is 0. The smallest absolute Gasteiger partial charge is 0.331 e. The number of hydrogen-bond acceptors (Lipinski definition) is 3. The number of carboxylic acid groups (broad SMARTS) is 1. The minimum Gasteiger partial charge on any atom is -0.479 e. The lowest BCUT2D eigenvalue weighted by atomic mass is 10.1. The number of primary amides is 1. The Balaban J connectivity index is 2.94. The van der Waals surface area contributed by atoms with Crippen LogP contribution in [0, 0.1) is 0 Å². The van der Waals surface area contributed by atoms with Crippen LogP contribution in [0.5, 0.6) is 0 Å². The van der Waals surface area contributed by atoms with Crippen LogP contribution in [-0.2, 0) is 9.59 Å². The van der Waals surface area contributed by atoms with Gasteiger partial charge >= 0.3 is 12.0 Å². The van der Waals surface area contributed by atoms with E-state index in [0.29, 0.717) is 0 Å². The quantitative estimate of drug-likeness (QED) is 0.726. The molecule has 7 nitrogen and oxygen atoms in total. The van der Waals surface area contributed by atoms with E-state index in [1.165, 1.54) is 12.1 Å². The van der Waals surface area contributed by atoms with Gasteiger partial charge in [0.15, 0.2) is 6.04 Å². The summed E-state index contributed by atoms with van der Waals surface area (Å²) >= 11 is 5.94. The van der Waals surface area contributed by atoms with Crippen molar-refractivity contribution in [3.63, 3.8) is 0 Å². The van der Waals surface area contributed by atoms with Gasteiger partial charge in [0, 0.05) is 17.1 Å². The molecule has 0 bridgehead atoms. The zero-order valence-electron chi connectivity index (χ0n) is 11.4. The lowest BCUT2D eigenvalue weighted by Crippen LogP contribution is -2.46. The molecule has 0 aliphatic rings. The van der Waals surface area contributed by atoms with Crippen LogP contribution < -0.4 is 11.1 Å². The van der Waals surface area contributed by atoms with Gasteiger partial charge in [0.05, 0.1) is 0 Å². The number of halogens is 1. The monoisotopic (exact) mass is 313 g/mol. The van der Waals surface area contributed by atoms with E-state index in [1.807, 2.05) is 0 Å². The average molecular weight is 314 g/mol. The Labute approximate surface area is 126 Å². The van der Waals surface area contributed by atoms with Crippen molar-refractivity contribution in [2.75, 3.05) is 13.1 Å². The maximum Gasteiger partial charge on any atom is 0.331 e. The summed E-state index contributed by atoms with van der Waals surface area (Å²) in [6.07, 6.45) is 0. The van der Waals surface area contributed by atoms with Crippen molar-refractivity contribution in [2.45, 2.75) is 13.0 Å². The molecule has 0 heterocycles. The van der Waals surface area contributed by atoms with Crippen molar-refractivity contribution < 1.29 is 19.5 Å². The van der Waals surface area contributed by atoms with Gasteiger partial charge in [-0.15, -0.1) is 0 Å². The molecule has 0 spiro atoms. The van der Waals surface area contributed by atoms with E-state index >= 15 is 0 Å². The Kier molecular flexibility index (Phi) is 5.98. The zero-order valence-corrected chi connectivity index (χ0v) is 12.1. The van der Waals surface area contributed by atoms with Crippen molar-refractivity contribution in [3.05, 3.63) is 34.9 Å². The normalized spacial score (nSPS) is 11.5. The molecule has 0 fully saturated rings. The van der Waals surface area contributed by atoms with Gasteiger partial charge in [-0.1, -0.05) is 29.8 Å². The number of carboxylic acids is 1. The Bertz CT molecular complexity index is 550. The van der Waals surface area contributed by atoms with Gasteiger partial charge < -0.3 is 21.1 Å². The van der Waals surface area contributed by atoms with Crippen molar-refractivity contribution in [1.82, 2.24) is 10.2 Å². The highest BCUT2D eigenvalue weighted by Gasteiger charge is 2.26. The number of nitrogens with one attached hydrogen (secondary N) is 1. The number of urea groups is 1. The summed E-state index contributed by atoms with van der Waals surface area (Å²) in [6, 6.07) is 4.28. The van der Waals surface area contributed by atoms with Crippen molar-refractivity contribution in [3.8, 4) is 0 Å². The lowest BCUT2D eigenvalue weighted by molar-refractivity contribution is -0.139. The highest BCUT2D eigenvalue weighted by Crippen LogP contribution is 2.23. The SMILES string of the molecule is CCN(CC(N)=O)C(=O)N[C@@H](C(=O)O)c1ccccc1Cl. The van der Waals surface area contributed by atoms with Gasteiger partial charge in [-0.25, -0.2) is 9.59 Å². The fourth-order valence-corrected chi connectivity index (χ4v) is 1.96. The van der Waals surface area contributed by atoms with Crippen LogP contribution in [-0.4, -0.2) is 41.0 Å². The molecule has 0 aromatic heterocycles. The third kappa shape index (κ3) is 4.64. The van der Waals surface area contributed by atoms with E-state index in [0.717, 1.165) is 4.90 Å². The van der Waals surface area contributed by atoms with Crippen LogP contribution in [0.15, 0.2) is 24.3 Å². The molecule has 0 aliphatic heterocycles. The molecule has 1 atom stereocenters. The van der Waals surface area contributed by atoms with Gasteiger partial charge in [-0.05, 0) is 13.0 Å². The third-order valence-electron chi connectivity index (χ3n) is 2.75. The fraction of sp³-hybridized carbons (Fsp3) is 0.308. The van der Waals surface area contributed by atoms with E-state index in [2.05, 4.69) is 5.32 Å². The summed E-state index contributed by atoms with van der Waals surface area (Å²) in [4.78, 5) is 35.3. The maximum atomic E-state index is 12.0. The zero-order chi connectivity index (χ0) is 16.0. The Morgan fingerprint density at radius 3 is 2.48 bits per heavy atom. The van der Waals surface area contributed by atoms with Crippen molar-refractivity contribution in [1.29, 1.82) is 0 Å². The molecule has 0 unspecified atom stereocenters. The van der Waals surface area contributed by atoms with E-state index in [9.17, 15) is 19.5 Å². The number of nitrogens with two attached hydrogens (primary N) is 1. The number of carbonyl (C=O) groups is 3. The third-order valence-corrected chi connectivity index (χ3v) is 3.09. The number of likely N-dealkylation sites (N-methyl/N-ethyl adjacent to an activating group) is 1. The standard InChI is InChI=1S/C13H16ClN3O4/c1-2-17(7-10(15)18)13(21)16-11(12(19)20)8-5-3-4-6-9(8)14/h3-6,11H,2,7H2,1H3,(H2,15,18)(H,16,21)(H,19,20)/t11-/m1/s1. The largest absolute Gasteiger partial charge is 0.479 e. The molecule has 1 aromatic rings. The molecule has 114 valence electrons. The van der Waals surface area contributed by atoms with Crippen LogP contribution in [0.3, 0.4) is 0 Å². The Morgan fingerprint density at radius 1 is 1.38 bits per heavy atom. The van der Waals surface area contributed by atoms with E-state index in [4.69, 9.17) is 17.3 Å². The number of amides is 3. The second-order valence-corrected chi connectivity index (χ2v) is 4.63. The Morgan fingerprint density at radius 2 is 2.00 bits per heavy atom. The number of benzene rings is 1. The highest BCUT2D eigenvalue weighted by atomic mass is 35.5. The predicted octanol–water partition coefficient (Wildman–Crippen LogP) is 0.983. The van der Waals surface area contributed by atoms with E-state index in [1.54, 1.807) is 19.1 Å². The van der Waals surface area contributed by atoms with Crippen molar-refractivity contribution in [2.24, 2.45) is 5.73 Å². The van der Waals surface area contributed by atoms with E-state index < -0.39 is 23.9 Å². The molecule has 0 saturated heterocycles. The van der Waals surface area contributed by atoms with Crippen LogP contribution in [0.25, 0.3) is 0 Å². The van der Waals surface area contributed by atoms with Gasteiger partial charge in [0.1, 0.15) is 6.54 Å². The maximum absolute atomic E-state index is 12.0. The first-order valence-electron chi connectivity index (χ1n) is 6.17. The predicted molar refractivity (Wildman–Crippen MR) is 76.8 cm³/mol. The first kappa shape index (κ1) is 16.8. The number of rotatable bonds is 6. The Hall–Kier alpha value is -2.28. The van der Waals surface area contributed by atoms with Gasteiger partial charge in [-0.2, -0.15) is 0 Å². The van der Waals surface area contributed by atoms with Crippen LogP contribution >= 0.6 is 11.6 Å². The molecule has 0 saturated carbocycles. The van der Waals surface area contributed by atoms with Crippen LogP contribution in [0.1, 0.15) is 18.5 Å². The van der Waals surface area contributed by atoms with Gasteiger partial charge in [0.2, 0.25) is 5.91 Å².